The van der Waals surface area contributed by atoms with Crippen molar-refractivity contribution in [2.75, 3.05) is 0 Å². The molecule has 0 aliphatic heterocycles. The van der Waals surface area contributed by atoms with Gasteiger partial charge >= 0.3 is 0 Å². The van der Waals surface area contributed by atoms with Gasteiger partial charge in [-0.15, -0.1) is 0 Å². The fourth-order valence-electron chi connectivity index (χ4n) is 3.53. The third kappa shape index (κ3) is 4.03. The molecule has 1 aliphatic carbocycles. The Hall–Kier alpha value is -2.02. The Morgan fingerprint density at radius 3 is 2.69 bits per heavy atom. The molecule has 1 aliphatic rings. The summed E-state index contributed by atoms with van der Waals surface area (Å²) in [6.45, 7) is -0.102. The summed E-state index contributed by atoms with van der Waals surface area (Å²) in [6.07, 6.45) is 4.51. The summed E-state index contributed by atoms with van der Waals surface area (Å²) in [5, 5.41) is 0.870. The average molecular weight is 384 g/mol. The van der Waals surface area contributed by atoms with E-state index < -0.39 is 11.8 Å². The highest BCUT2D eigenvalue weighted by molar-refractivity contribution is 6.36. The number of rotatable bonds is 6. The van der Waals surface area contributed by atoms with Crippen LogP contribution in [0.15, 0.2) is 18.5 Å². The Labute approximate surface area is 154 Å². The summed E-state index contributed by atoms with van der Waals surface area (Å²) in [4.78, 5) is 28.2. The molecule has 0 atom stereocenters. The Balaban J connectivity index is 1.77. The molecule has 0 bridgehead atoms. The van der Waals surface area contributed by atoms with E-state index in [1.165, 1.54) is 10.8 Å². The number of aromatic nitrogens is 2. The molecule has 0 aromatic carbocycles. The fourth-order valence-corrected chi connectivity index (χ4v) is 3.78. The Kier molecular flexibility index (Phi) is 5.27. The van der Waals surface area contributed by atoms with Crippen LogP contribution in [0.25, 0.3) is 11.0 Å². The second-order valence-corrected chi connectivity index (χ2v) is 7.30. The van der Waals surface area contributed by atoms with E-state index in [0.717, 1.165) is 0 Å². The standard InChI is InChI=1S/C18H20ClF2N3O2/c19-13-5-8-23-17-16(13)12(9-24(17)10-15(22)26)14(25)2-1-11-3-6-18(20,21)7-4-11/h5,8-9,11H,1-4,6-7,10H2,(H2,22,26). The number of amides is 1. The zero-order valence-corrected chi connectivity index (χ0v) is 14.9. The molecule has 5 nitrogen and oxygen atoms in total. The first-order valence-electron chi connectivity index (χ1n) is 8.59. The molecule has 0 radical (unpaired) electrons. The van der Waals surface area contributed by atoms with Crippen LogP contribution >= 0.6 is 11.6 Å². The maximum Gasteiger partial charge on any atom is 0.248 e. The second-order valence-electron chi connectivity index (χ2n) is 6.89. The van der Waals surface area contributed by atoms with Crippen LogP contribution in [-0.4, -0.2) is 27.2 Å². The number of fused-ring (bicyclic) bond motifs is 1. The van der Waals surface area contributed by atoms with E-state index in [0.29, 0.717) is 40.9 Å². The summed E-state index contributed by atoms with van der Waals surface area (Å²) in [5.41, 5.74) is 6.07. The number of primary amides is 1. The number of carbonyl (C=O) groups excluding carboxylic acids is 2. The van der Waals surface area contributed by atoms with Gasteiger partial charge in [0, 0.05) is 42.6 Å². The molecule has 8 heteroatoms. The molecular formula is C18H20ClF2N3O2. The molecule has 0 spiro atoms. The van der Waals surface area contributed by atoms with Gasteiger partial charge in [-0.2, -0.15) is 0 Å². The number of hydrogen-bond acceptors (Lipinski definition) is 3. The lowest BCUT2D eigenvalue weighted by molar-refractivity contribution is -0.118. The van der Waals surface area contributed by atoms with Gasteiger partial charge in [0.2, 0.25) is 11.8 Å². The van der Waals surface area contributed by atoms with E-state index in [1.54, 1.807) is 12.3 Å². The SMILES string of the molecule is NC(=O)Cn1cc(C(=O)CCC2CCC(F)(F)CC2)c2c(Cl)ccnc21. The van der Waals surface area contributed by atoms with E-state index in [4.69, 9.17) is 17.3 Å². The molecule has 140 valence electrons. The summed E-state index contributed by atoms with van der Waals surface area (Å²) < 4.78 is 28.0. The lowest BCUT2D eigenvalue weighted by Gasteiger charge is -2.27. The second kappa shape index (κ2) is 7.31. The van der Waals surface area contributed by atoms with Crippen LogP contribution in [0.5, 0.6) is 0 Å². The van der Waals surface area contributed by atoms with Crippen LogP contribution in [-0.2, 0) is 11.3 Å². The molecule has 0 saturated heterocycles. The Bertz CT molecular complexity index is 840. The van der Waals surface area contributed by atoms with Crippen molar-refractivity contribution in [3.05, 3.63) is 29.0 Å². The number of carbonyl (C=O) groups is 2. The van der Waals surface area contributed by atoms with Gasteiger partial charge in [0.15, 0.2) is 5.78 Å². The number of nitrogens with zero attached hydrogens (tertiary/aromatic N) is 2. The molecule has 1 fully saturated rings. The highest BCUT2D eigenvalue weighted by atomic mass is 35.5. The number of pyridine rings is 1. The number of hydrogen-bond donors (Lipinski definition) is 1. The molecular weight excluding hydrogens is 364 g/mol. The zero-order chi connectivity index (χ0) is 18.9. The van der Waals surface area contributed by atoms with Crippen LogP contribution in [0.4, 0.5) is 8.78 Å². The number of ketones is 1. The quantitative estimate of drug-likeness (QED) is 0.767. The van der Waals surface area contributed by atoms with Gasteiger partial charge < -0.3 is 10.3 Å². The molecule has 3 rings (SSSR count). The molecule has 26 heavy (non-hydrogen) atoms. The summed E-state index contributed by atoms with van der Waals surface area (Å²) in [7, 11) is 0. The molecule has 1 saturated carbocycles. The predicted octanol–water partition coefficient (Wildman–Crippen LogP) is 3.96. The third-order valence-corrected chi connectivity index (χ3v) is 5.26. The van der Waals surface area contributed by atoms with E-state index in [-0.39, 0.29) is 37.5 Å². The van der Waals surface area contributed by atoms with Crippen LogP contribution in [0.1, 0.15) is 48.9 Å². The highest BCUT2D eigenvalue weighted by Gasteiger charge is 2.34. The third-order valence-electron chi connectivity index (χ3n) is 4.95. The zero-order valence-electron chi connectivity index (χ0n) is 14.2. The average Bonchev–Trinajstić information content (AvgIpc) is 2.93. The Morgan fingerprint density at radius 1 is 1.35 bits per heavy atom. The minimum absolute atomic E-state index is 0.102. The summed E-state index contributed by atoms with van der Waals surface area (Å²) in [6, 6.07) is 1.58. The number of halogens is 3. The number of Topliss-reactive ketones (excluding diaryl/α,β-unsaturated/α-hetero) is 1. The van der Waals surface area contributed by atoms with E-state index in [1.807, 2.05) is 0 Å². The topological polar surface area (TPSA) is 78.0 Å². The van der Waals surface area contributed by atoms with Gasteiger partial charge in [-0.1, -0.05) is 11.6 Å². The van der Waals surface area contributed by atoms with Gasteiger partial charge in [0.05, 0.1) is 5.02 Å². The lowest BCUT2D eigenvalue weighted by Crippen LogP contribution is -2.24. The van der Waals surface area contributed by atoms with Crippen molar-refractivity contribution in [1.29, 1.82) is 0 Å². The van der Waals surface area contributed by atoms with Gasteiger partial charge in [0.1, 0.15) is 12.2 Å². The number of alkyl halides is 2. The van der Waals surface area contributed by atoms with Crippen molar-refractivity contribution in [3.8, 4) is 0 Å². The van der Waals surface area contributed by atoms with Crippen LogP contribution in [0, 0.1) is 5.92 Å². The van der Waals surface area contributed by atoms with Crippen molar-refractivity contribution in [2.45, 2.75) is 51.0 Å². The molecule has 1 amide bonds. The largest absolute Gasteiger partial charge is 0.368 e. The van der Waals surface area contributed by atoms with Crippen LogP contribution in [0.2, 0.25) is 5.02 Å². The lowest BCUT2D eigenvalue weighted by atomic mass is 9.83. The summed E-state index contributed by atoms with van der Waals surface area (Å²) in [5.74, 6) is -3.12. The minimum atomic E-state index is -2.57. The maximum absolute atomic E-state index is 13.2. The van der Waals surface area contributed by atoms with Crippen molar-refractivity contribution in [3.63, 3.8) is 0 Å². The van der Waals surface area contributed by atoms with Gasteiger partial charge in [0.25, 0.3) is 0 Å². The van der Waals surface area contributed by atoms with Gasteiger partial charge in [-0.05, 0) is 31.2 Å². The van der Waals surface area contributed by atoms with Crippen LogP contribution < -0.4 is 5.73 Å². The summed E-state index contributed by atoms with van der Waals surface area (Å²) >= 11 is 6.23. The predicted molar refractivity (Wildman–Crippen MR) is 94.4 cm³/mol. The first-order valence-corrected chi connectivity index (χ1v) is 8.97. The van der Waals surface area contributed by atoms with Crippen LogP contribution in [0.3, 0.4) is 0 Å². The van der Waals surface area contributed by atoms with Gasteiger partial charge in [-0.3, -0.25) is 9.59 Å². The molecule has 2 aromatic rings. The smallest absolute Gasteiger partial charge is 0.248 e. The van der Waals surface area contributed by atoms with E-state index >= 15 is 0 Å². The van der Waals surface area contributed by atoms with Crippen molar-refractivity contribution >= 4 is 34.3 Å². The monoisotopic (exact) mass is 383 g/mol. The first-order chi connectivity index (χ1) is 12.3. The Morgan fingerprint density at radius 2 is 2.04 bits per heavy atom. The maximum atomic E-state index is 13.2. The van der Waals surface area contributed by atoms with Crippen molar-refractivity contribution in [2.24, 2.45) is 11.7 Å². The fraction of sp³-hybridized carbons (Fsp3) is 0.500. The molecule has 2 heterocycles. The van der Waals surface area contributed by atoms with E-state index in [9.17, 15) is 18.4 Å². The normalized spacial score (nSPS) is 17.5. The van der Waals surface area contributed by atoms with Gasteiger partial charge in [-0.25, -0.2) is 13.8 Å². The van der Waals surface area contributed by atoms with Crippen molar-refractivity contribution < 1.29 is 18.4 Å². The highest BCUT2D eigenvalue weighted by Crippen LogP contribution is 2.38. The molecule has 2 aromatic heterocycles. The van der Waals surface area contributed by atoms with E-state index in [2.05, 4.69) is 4.98 Å². The van der Waals surface area contributed by atoms with Crippen molar-refractivity contribution in [1.82, 2.24) is 9.55 Å². The number of nitrogens with two attached hydrogens (primary N) is 1. The molecule has 0 unspecified atom stereocenters. The minimum Gasteiger partial charge on any atom is -0.368 e. The first kappa shape index (κ1) is 18.8. The molecule has 2 N–H and O–H groups in total.